The van der Waals surface area contributed by atoms with E-state index >= 15 is 0 Å². The highest BCUT2D eigenvalue weighted by Crippen LogP contribution is 2.24. The van der Waals surface area contributed by atoms with Gasteiger partial charge in [0.2, 0.25) is 5.78 Å². The van der Waals surface area contributed by atoms with Crippen LogP contribution in [-0.2, 0) is 4.79 Å². The molecule has 0 radical (unpaired) electrons. The van der Waals surface area contributed by atoms with Gasteiger partial charge in [-0.1, -0.05) is 26.0 Å². The van der Waals surface area contributed by atoms with Gasteiger partial charge in [-0.25, -0.2) is 0 Å². The second-order valence-electron chi connectivity index (χ2n) is 4.77. The van der Waals surface area contributed by atoms with E-state index in [1.54, 1.807) is 18.2 Å². The molecule has 3 nitrogen and oxygen atoms in total. The van der Waals surface area contributed by atoms with Gasteiger partial charge in [0.1, 0.15) is 6.29 Å². The van der Waals surface area contributed by atoms with Gasteiger partial charge in [0.15, 0.2) is 5.76 Å². The number of allylic oxidation sites excluding steroid dienone is 4. The average Bonchev–Trinajstić information content (AvgIpc) is 2.86. The van der Waals surface area contributed by atoms with Crippen LogP contribution in [-0.4, -0.2) is 12.1 Å². The van der Waals surface area contributed by atoms with Crippen LogP contribution >= 0.6 is 0 Å². The summed E-state index contributed by atoms with van der Waals surface area (Å²) in [6.45, 7) is 4.10. The van der Waals surface area contributed by atoms with Crippen LogP contribution in [0.4, 0.5) is 0 Å². The number of carbonyl (C=O) groups excluding carboxylic acids is 2. The van der Waals surface area contributed by atoms with Crippen LogP contribution < -0.4 is 0 Å². The SMILES string of the molecule is CC(C)(/C=C/C(=O)c1ccco1)CC/C=C/C=O. The number of hydrogen-bond acceptors (Lipinski definition) is 3. The summed E-state index contributed by atoms with van der Waals surface area (Å²) in [6.07, 6.45) is 10.7. The first-order valence-corrected chi connectivity index (χ1v) is 5.92. The van der Waals surface area contributed by atoms with Crippen LogP contribution in [0.15, 0.2) is 47.1 Å². The first-order chi connectivity index (χ1) is 8.55. The van der Waals surface area contributed by atoms with Crippen molar-refractivity contribution in [3.05, 3.63) is 48.5 Å². The quantitative estimate of drug-likeness (QED) is 0.419. The summed E-state index contributed by atoms with van der Waals surface area (Å²) < 4.78 is 5.02. The van der Waals surface area contributed by atoms with Gasteiger partial charge in [-0.05, 0) is 42.5 Å². The molecule has 1 heterocycles. The molecule has 0 aliphatic heterocycles. The van der Waals surface area contributed by atoms with Gasteiger partial charge < -0.3 is 4.42 Å². The number of carbonyl (C=O) groups is 2. The van der Waals surface area contributed by atoms with Crippen LogP contribution in [0.5, 0.6) is 0 Å². The Kier molecular flexibility index (Phi) is 5.31. The molecule has 0 aliphatic rings. The smallest absolute Gasteiger partial charge is 0.220 e. The van der Waals surface area contributed by atoms with E-state index in [4.69, 9.17) is 4.42 Å². The largest absolute Gasteiger partial charge is 0.461 e. The minimum absolute atomic E-state index is 0.0878. The fourth-order valence-electron chi connectivity index (χ4n) is 1.49. The Morgan fingerprint density at radius 2 is 2.22 bits per heavy atom. The van der Waals surface area contributed by atoms with Gasteiger partial charge in [0, 0.05) is 0 Å². The third-order valence-electron chi connectivity index (χ3n) is 2.62. The van der Waals surface area contributed by atoms with E-state index in [1.165, 1.54) is 12.3 Å². The lowest BCUT2D eigenvalue weighted by Crippen LogP contribution is -2.07. The molecule has 0 bridgehead atoms. The molecular formula is C15H18O3. The summed E-state index contributed by atoms with van der Waals surface area (Å²) in [5.41, 5.74) is -0.0878. The fourth-order valence-corrected chi connectivity index (χ4v) is 1.49. The van der Waals surface area contributed by atoms with Crippen molar-refractivity contribution in [3.8, 4) is 0 Å². The minimum Gasteiger partial charge on any atom is -0.461 e. The van der Waals surface area contributed by atoms with Gasteiger partial charge in [-0.3, -0.25) is 9.59 Å². The predicted molar refractivity (Wildman–Crippen MR) is 70.4 cm³/mol. The molecule has 0 amide bonds. The van der Waals surface area contributed by atoms with Crippen molar-refractivity contribution in [2.24, 2.45) is 5.41 Å². The first kappa shape index (κ1) is 14.2. The van der Waals surface area contributed by atoms with Crippen LogP contribution in [0, 0.1) is 5.41 Å². The van der Waals surface area contributed by atoms with Gasteiger partial charge in [-0.15, -0.1) is 0 Å². The Hall–Kier alpha value is -1.90. The van der Waals surface area contributed by atoms with Crippen LogP contribution in [0.1, 0.15) is 37.2 Å². The van der Waals surface area contributed by atoms with Crippen molar-refractivity contribution in [1.82, 2.24) is 0 Å². The topological polar surface area (TPSA) is 47.3 Å². The Bertz CT molecular complexity index is 436. The summed E-state index contributed by atoms with van der Waals surface area (Å²) in [5, 5.41) is 0. The van der Waals surface area contributed by atoms with E-state index in [0.29, 0.717) is 5.76 Å². The maximum absolute atomic E-state index is 11.7. The van der Waals surface area contributed by atoms with Crippen molar-refractivity contribution in [3.63, 3.8) is 0 Å². The lowest BCUT2D eigenvalue weighted by Gasteiger charge is -2.18. The van der Waals surface area contributed by atoms with Crippen LogP contribution in [0.2, 0.25) is 0 Å². The maximum atomic E-state index is 11.7. The van der Waals surface area contributed by atoms with E-state index < -0.39 is 0 Å². The number of furan rings is 1. The highest BCUT2D eigenvalue weighted by Gasteiger charge is 2.14. The standard InChI is InChI=1S/C15H18O3/c1-15(2,9-4-3-5-11-16)10-8-13(17)14-7-6-12-18-14/h3,5-8,10-12H,4,9H2,1-2H3/b5-3+,10-8+. The number of rotatable bonds is 7. The molecule has 0 unspecified atom stereocenters. The fraction of sp³-hybridized carbons (Fsp3) is 0.333. The summed E-state index contributed by atoms with van der Waals surface area (Å²) in [7, 11) is 0. The van der Waals surface area contributed by atoms with Crippen molar-refractivity contribution >= 4 is 12.1 Å². The molecule has 1 rings (SSSR count). The predicted octanol–water partition coefficient (Wildman–Crippen LogP) is 3.58. The van der Waals surface area contributed by atoms with E-state index in [2.05, 4.69) is 0 Å². The van der Waals surface area contributed by atoms with E-state index in [0.717, 1.165) is 19.1 Å². The Morgan fingerprint density at radius 3 is 2.83 bits per heavy atom. The molecule has 0 aromatic carbocycles. The molecule has 0 fully saturated rings. The van der Waals surface area contributed by atoms with Crippen molar-refractivity contribution in [2.45, 2.75) is 26.7 Å². The lowest BCUT2D eigenvalue weighted by atomic mass is 9.87. The molecule has 1 aromatic heterocycles. The van der Waals surface area contributed by atoms with Gasteiger partial charge in [0.25, 0.3) is 0 Å². The second-order valence-corrected chi connectivity index (χ2v) is 4.77. The highest BCUT2D eigenvalue weighted by atomic mass is 16.3. The molecule has 0 atom stereocenters. The number of aldehydes is 1. The van der Waals surface area contributed by atoms with Crippen molar-refractivity contribution in [2.75, 3.05) is 0 Å². The number of hydrogen-bond donors (Lipinski definition) is 0. The second kappa shape index (κ2) is 6.74. The molecule has 0 aliphatic carbocycles. The molecule has 3 heteroatoms. The van der Waals surface area contributed by atoms with Gasteiger partial charge >= 0.3 is 0 Å². The minimum atomic E-state index is -0.128. The van der Waals surface area contributed by atoms with Gasteiger partial charge in [0.05, 0.1) is 6.26 Å². The van der Waals surface area contributed by atoms with E-state index in [9.17, 15) is 9.59 Å². The third-order valence-corrected chi connectivity index (χ3v) is 2.62. The summed E-state index contributed by atoms with van der Waals surface area (Å²) in [4.78, 5) is 21.8. The molecule has 0 saturated carbocycles. The van der Waals surface area contributed by atoms with E-state index in [-0.39, 0.29) is 11.2 Å². The Balaban J connectivity index is 2.51. The molecule has 0 saturated heterocycles. The Morgan fingerprint density at radius 1 is 1.44 bits per heavy atom. The molecular weight excluding hydrogens is 228 g/mol. The van der Waals surface area contributed by atoms with Crippen molar-refractivity contribution < 1.29 is 14.0 Å². The van der Waals surface area contributed by atoms with Crippen LogP contribution in [0.3, 0.4) is 0 Å². The van der Waals surface area contributed by atoms with Crippen molar-refractivity contribution in [1.29, 1.82) is 0 Å². The lowest BCUT2D eigenvalue weighted by molar-refractivity contribution is -0.104. The molecule has 18 heavy (non-hydrogen) atoms. The third kappa shape index (κ3) is 4.95. The molecule has 0 N–H and O–H groups in total. The zero-order valence-corrected chi connectivity index (χ0v) is 10.8. The van der Waals surface area contributed by atoms with Gasteiger partial charge in [-0.2, -0.15) is 0 Å². The molecule has 96 valence electrons. The monoisotopic (exact) mass is 246 g/mol. The average molecular weight is 246 g/mol. The Labute approximate surface area is 107 Å². The zero-order chi connectivity index (χ0) is 13.4. The first-order valence-electron chi connectivity index (χ1n) is 5.92. The molecule has 0 spiro atoms. The highest BCUT2D eigenvalue weighted by molar-refractivity contribution is 6.02. The van der Waals surface area contributed by atoms with Crippen LogP contribution in [0.25, 0.3) is 0 Å². The molecule has 1 aromatic rings. The summed E-state index contributed by atoms with van der Waals surface area (Å²) in [5.74, 6) is 0.222. The zero-order valence-electron chi connectivity index (χ0n) is 10.8. The normalized spacial score (nSPS) is 12.3. The summed E-state index contributed by atoms with van der Waals surface area (Å²) in [6, 6.07) is 3.34. The van der Waals surface area contributed by atoms with E-state index in [1.807, 2.05) is 26.0 Å². The maximum Gasteiger partial charge on any atom is 0.220 e. The summed E-state index contributed by atoms with van der Waals surface area (Å²) >= 11 is 0. The number of ketones is 1.